The minimum absolute atomic E-state index is 0.110. The summed E-state index contributed by atoms with van der Waals surface area (Å²) in [4.78, 5) is 27.1. The summed E-state index contributed by atoms with van der Waals surface area (Å²) in [6.45, 7) is 1.60. The van der Waals surface area contributed by atoms with Crippen molar-refractivity contribution in [2.45, 2.75) is 31.7 Å². The fraction of sp³-hybridized carbons (Fsp3) is 0.304. The van der Waals surface area contributed by atoms with Gasteiger partial charge in [-0.25, -0.2) is 13.2 Å². The molecular weight excluding hydrogens is 407 g/mol. The van der Waals surface area contributed by atoms with E-state index in [1.165, 1.54) is 25.2 Å². The molecule has 2 amide bonds. The minimum Gasteiger partial charge on any atom is -0.357 e. The van der Waals surface area contributed by atoms with E-state index >= 15 is 0 Å². The molecular formula is C23H22F3N3O2. The van der Waals surface area contributed by atoms with Crippen molar-refractivity contribution in [3.8, 4) is 11.3 Å². The number of fused-ring (bicyclic) bond motifs is 1. The summed E-state index contributed by atoms with van der Waals surface area (Å²) in [5.74, 6) is -2.73. The van der Waals surface area contributed by atoms with Gasteiger partial charge in [0.25, 0.3) is 0 Å². The van der Waals surface area contributed by atoms with Gasteiger partial charge in [-0.3, -0.25) is 9.59 Å². The highest BCUT2D eigenvalue weighted by Crippen LogP contribution is 2.48. The first-order chi connectivity index (χ1) is 14.8. The van der Waals surface area contributed by atoms with Crippen LogP contribution in [0.3, 0.4) is 0 Å². The van der Waals surface area contributed by atoms with Crippen LogP contribution < -0.4 is 10.6 Å². The highest BCUT2D eigenvalue weighted by atomic mass is 19.1. The van der Waals surface area contributed by atoms with E-state index in [-0.39, 0.29) is 29.2 Å². The van der Waals surface area contributed by atoms with Crippen molar-refractivity contribution in [2.75, 3.05) is 7.05 Å². The Hall–Kier alpha value is -3.29. The summed E-state index contributed by atoms with van der Waals surface area (Å²) in [7, 11) is 1.50. The number of hydrogen-bond acceptors (Lipinski definition) is 2. The third kappa shape index (κ3) is 3.89. The van der Waals surface area contributed by atoms with E-state index in [1.807, 2.05) is 0 Å². The summed E-state index contributed by atoms with van der Waals surface area (Å²) in [6, 6.07) is 7.20. The Morgan fingerprint density at radius 2 is 1.74 bits per heavy atom. The number of aromatic nitrogens is 1. The number of carbonyl (C=O) groups excluding carboxylic acids is 2. The molecule has 0 spiro atoms. The summed E-state index contributed by atoms with van der Waals surface area (Å²) in [5, 5.41) is 5.58. The molecule has 0 radical (unpaired) electrons. The molecule has 1 aliphatic carbocycles. The number of likely N-dealkylation sites (N-methyl/N-ethyl adjacent to an activating group) is 1. The Kier molecular flexibility index (Phi) is 5.47. The molecule has 1 unspecified atom stereocenters. The third-order valence-corrected chi connectivity index (χ3v) is 5.91. The summed E-state index contributed by atoms with van der Waals surface area (Å²) >= 11 is 0. The first-order valence-electron chi connectivity index (χ1n) is 10.1. The van der Waals surface area contributed by atoms with Crippen LogP contribution in [0.1, 0.15) is 31.2 Å². The van der Waals surface area contributed by atoms with Crippen molar-refractivity contribution in [1.82, 2.24) is 15.6 Å². The van der Waals surface area contributed by atoms with Crippen LogP contribution in [0.15, 0.2) is 36.4 Å². The molecule has 8 heteroatoms. The Balaban J connectivity index is 1.65. The first-order valence-corrected chi connectivity index (χ1v) is 10.1. The second-order valence-electron chi connectivity index (χ2n) is 7.94. The van der Waals surface area contributed by atoms with Gasteiger partial charge in [0.05, 0.1) is 11.2 Å². The van der Waals surface area contributed by atoms with Crippen molar-refractivity contribution in [3.63, 3.8) is 0 Å². The SMILES string of the molecule is CNC(=O)C(C)NC(=O)[C@H]1C[C@H](c2c(-c3ccc(F)cc3)[nH]c3c(F)cc(F)cc32)C1. The molecule has 5 nitrogen and oxygen atoms in total. The Morgan fingerprint density at radius 1 is 1.06 bits per heavy atom. The minimum atomic E-state index is -0.711. The largest absolute Gasteiger partial charge is 0.357 e. The van der Waals surface area contributed by atoms with Crippen molar-refractivity contribution >= 4 is 22.7 Å². The van der Waals surface area contributed by atoms with Crippen LogP contribution in [0.5, 0.6) is 0 Å². The number of benzene rings is 2. The van der Waals surface area contributed by atoms with Crippen LogP contribution in [0.2, 0.25) is 0 Å². The molecule has 1 heterocycles. The molecule has 162 valence electrons. The van der Waals surface area contributed by atoms with Gasteiger partial charge >= 0.3 is 0 Å². The molecule has 1 fully saturated rings. The number of H-pyrrole nitrogens is 1. The average Bonchev–Trinajstić information content (AvgIpc) is 3.06. The highest BCUT2D eigenvalue weighted by molar-refractivity contribution is 5.93. The molecule has 1 atom stereocenters. The molecule has 31 heavy (non-hydrogen) atoms. The fourth-order valence-corrected chi connectivity index (χ4v) is 4.19. The maximum Gasteiger partial charge on any atom is 0.242 e. The number of nitrogens with one attached hydrogen (secondary N) is 3. The zero-order valence-electron chi connectivity index (χ0n) is 17.1. The molecule has 0 saturated heterocycles. The van der Waals surface area contributed by atoms with E-state index in [9.17, 15) is 22.8 Å². The molecule has 3 N–H and O–H groups in total. The van der Waals surface area contributed by atoms with Crippen LogP contribution >= 0.6 is 0 Å². The van der Waals surface area contributed by atoms with Crippen LogP contribution in [0, 0.1) is 23.4 Å². The van der Waals surface area contributed by atoms with Gasteiger partial charge in [0.15, 0.2) is 0 Å². The van der Waals surface area contributed by atoms with Crippen molar-refractivity contribution in [1.29, 1.82) is 0 Å². The molecule has 1 saturated carbocycles. The summed E-state index contributed by atoms with van der Waals surface area (Å²) in [6.07, 6.45) is 0.956. The number of rotatable bonds is 5. The van der Waals surface area contributed by atoms with Crippen molar-refractivity contribution in [2.24, 2.45) is 5.92 Å². The van der Waals surface area contributed by atoms with E-state index in [0.29, 0.717) is 35.0 Å². The second-order valence-corrected chi connectivity index (χ2v) is 7.94. The standard InChI is InChI=1S/C23H22F3N3O2/c1-11(22(30)27-2)28-23(31)14-7-13(8-14)19-17-9-16(25)10-18(26)21(17)29-20(19)12-3-5-15(24)6-4-12/h3-6,9-11,13-14,29H,7-8H2,1-2H3,(H,27,30)(H,28,31)/t11?,13-,14-. The Bertz CT molecular complexity index is 1150. The Labute approximate surface area is 177 Å². The second kappa shape index (κ2) is 8.09. The van der Waals surface area contributed by atoms with Crippen molar-refractivity contribution < 1.29 is 22.8 Å². The topological polar surface area (TPSA) is 74.0 Å². The van der Waals surface area contributed by atoms with E-state index < -0.39 is 23.5 Å². The van der Waals surface area contributed by atoms with E-state index in [4.69, 9.17) is 0 Å². The third-order valence-electron chi connectivity index (χ3n) is 5.91. The van der Waals surface area contributed by atoms with Gasteiger partial charge in [-0.05, 0) is 67.1 Å². The van der Waals surface area contributed by atoms with Crippen molar-refractivity contribution in [3.05, 3.63) is 59.4 Å². The number of amides is 2. The lowest BCUT2D eigenvalue weighted by atomic mass is 9.69. The monoisotopic (exact) mass is 429 g/mol. The van der Waals surface area contributed by atoms with Crippen LogP contribution in [-0.4, -0.2) is 29.9 Å². The summed E-state index contributed by atoms with van der Waals surface area (Å²) in [5.41, 5.74) is 2.12. The Morgan fingerprint density at radius 3 is 2.39 bits per heavy atom. The van der Waals surface area contributed by atoms with E-state index in [2.05, 4.69) is 15.6 Å². The molecule has 0 bridgehead atoms. The van der Waals surface area contributed by atoms with Gasteiger partial charge in [-0.15, -0.1) is 0 Å². The summed E-state index contributed by atoms with van der Waals surface area (Å²) < 4.78 is 41.8. The number of carbonyl (C=O) groups is 2. The average molecular weight is 429 g/mol. The van der Waals surface area contributed by atoms with E-state index in [1.54, 1.807) is 19.1 Å². The number of halogens is 3. The van der Waals surface area contributed by atoms with E-state index in [0.717, 1.165) is 6.07 Å². The fourth-order valence-electron chi connectivity index (χ4n) is 4.19. The normalized spacial score (nSPS) is 19.0. The maximum atomic E-state index is 14.4. The predicted octanol–water partition coefficient (Wildman–Crippen LogP) is 4.00. The lowest BCUT2D eigenvalue weighted by Crippen LogP contribution is -2.47. The maximum absolute atomic E-state index is 14.4. The van der Waals surface area contributed by atoms with Crippen LogP contribution in [0.4, 0.5) is 13.2 Å². The lowest BCUT2D eigenvalue weighted by Gasteiger charge is -2.35. The first kappa shape index (κ1) is 21.0. The molecule has 1 aromatic heterocycles. The van der Waals surface area contributed by atoms with Gasteiger partial charge in [0.1, 0.15) is 23.5 Å². The smallest absolute Gasteiger partial charge is 0.242 e. The number of aromatic amines is 1. The molecule has 0 aliphatic heterocycles. The zero-order chi connectivity index (χ0) is 22.3. The van der Waals surface area contributed by atoms with Gasteiger partial charge < -0.3 is 15.6 Å². The molecule has 1 aliphatic rings. The molecule has 2 aromatic carbocycles. The predicted molar refractivity (Wildman–Crippen MR) is 111 cm³/mol. The van der Waals surface area contributed by atoms with Gasteiger partial charge in [0.2, 0.25) is 11.8 Å². The quantitative estimate of drug-likeness (QED) is 0.574. The van der Waals surface area contributed by atoms with Crippen LogP contribution in [-0.2, 0) is 9.59 Å². The lowest BCUT2D eigenvalue weighted by molar-refractivity contribution is -0.132. The zero-order valence-corrected chi connectivity index (χ0v) is 17.1. The number of hydrogen-bond donors (Lipinski definition) is 3. The van der Waals surface area contributed by atoms with Crippen LogP contribution in [0.25, 0.3) is 22.2 Å². The molecule has 3 aromatic rings. The molecule has 4 rings (SSSR count). The van der Waals surface area contributed by atoms with Gasteiger partial charge in [0, 0.05) is 24.4 Å². The van der Waals surface area contributed by atoms with Gasteiger partial charge in [-0.2, -0.15) is 0 Å². The highest BCUT2D eigenvalue weighted by Gasteiger charge is 2.39. The van der Waals surface area contributed by atoms with Gasteiger partial charge in [-0.1, -0.05) is 0 Å².